The van der Waals surface area contributed by atoms with E-state index in [1.807, 2.05) is 54.6 Å². The highest BCUT2D eigenvalue weighted by Crippen LogP contribution is 2.40. The average molecular weight is 373 g/mol. The Morgan fingerprint density at radius 2 is 1.54 bits per heavy atom. The average Bonchev–Trinajstić information content (AvgIpc) is 3.01. The Balaban J connectivity index is 2.04. The molecule has 4 rings (SSSR count). The van der Waals surface area contributed by atoms with Gasteiger partial charge < -0.3 is 4.98 Å². The van der Waals surface area contributed by atoms with Crippen LogP contribution in [0.2, 0.25) is 0 Å². The number of nitriles is 1. The second kappa shape index (κ2) is 5.99. The van der Waals surface area contributed by atoms with Crippen molar-refractivity contribution in [1.82, 2.24) is 4.98 Å². The monoisotopic (exact) mass is 372 g/mol. The molecule has 0 saturated heterocycles. The van der Waals surface area contributed by atoms with Crippen molar-refractivity contribution in [2.45, 2.75) is 0 Å². The van der Waals surface area contributed by atoms with Crippen LogP contribution in [0.25, 0.3) is 33.3 Å². The SMILES string of the molecule is N#Cc1ccc(-c2c(-c3ccccc3Br)[nH]c3ccccc23)cc1. The lowest BCUT2D eigenvalue weighted by atomic mass is 9.97. The van der Waals surface area contributed by atoms with Crippen LogP contribution >= 0.6 is 15.9 Å². The van der Waals surface area contributed by atoms with Crippen LogP contribution < -0.4 is 0 Å². The maximum absolute atomic E-state index is 9.04. The van der Waals surface area contributed by atoms with Crippen molar-refractivity contribution in [3.63, 3.8) is 0 Å². The summed E-state index contributed by atoms with van der Waals surface area (Å²) in [6, 6.07) is 26.4. The van der Waals surface area contributed by atoms with Gasteiger partial charge in [-0.3, -0.25) is 0 Å². The summed E-state index contributed by atoms with van der Waals surface area (Å²) in [4.78, 5) is 3.55. The minimum atomic E-state index is 0.668. The number of para-hydroxylation sites is 1. The molecule has 0 unspecified atom stereocenters. The minimum Gasteiger partial charge on any atom is -0.354 e. The van der Waals surface area contributed by atoms with E-state index in [-0.39, 0.29) is 0 Å². The lowest BCUT2D eigenvalue weighted by Crippen LogP contribution is -1.85. The topological polar surface area (TPSA) is 39.6 Å². The first-order valence-electron chi connectivity index (χ1n) is 7.64. The van der Waals surface area contributed by atoms with E-state index in [4.69, 9.17) is 5.26 Å². The highest BCUT2D eigenvalue weighted by molar-refractivity contribution is 9.10. The third-order valence-corrected chi connectivity index (χ3v) is 4.84. The summed E-state index contributed by atoms with van der Waals surface area (Å²) >= 11 is 3.66. The predicted molar refractivity (Wildman–Crippen MR) is 102 cm³/mol. The van der Waals surface area contributed by atoms with E-state index in [1.54, 1.807) is 0 Å². The standard InChI is InChI=1S/C21H13BrN2/c22-18-7-3-1-5-16(18)21-20(15-11-9-14(13-23)10-12-15)17-6-2-4-8-19(17)24-21/h1-12,24H. The van der Waals surface area contributed by atoms with Gasteiger partial charge >= 0.3 is 0 Å². The largest absolute Gasteiger partial charge is 0.354 e. The molecular formula is C21H13BrN2. The number of H-pyrrole nitrogens is 1. The van der Waals surface area contributed by atoms with E-state index >= 15 is 0 Å². The lowest BCUT2D eigenvalue weighted by molar-refractivity contribution is 1.44. The molecule has 3 heteroatoms. The van der Waals surface area contributed by atoms with Crippen molar-refractivity contribution < 1.29 is 0 Å². The molecule has 0 spiro atoms. The molecule has 0 amide bonds. The quantitative estimate of drug-likeness (QED) is 0.451. The van der Waals surface area contributed by atoms with Gasteiger partial charge in [-0.2, -0.15) is 5.26 Å². The summed E-state index contributed by atoms with van der Waals surface area (Å²) in [5, 5.41) is 10.2. The van der Waals surface area contributed by atoms with Crippen molar-refractivity contribution in [2.24, 2.45) is 0 Å². The minimum absolute atomic E-state index is 0.668. The number of halogens is 1. The van der Waals surface area contributed by atoms with Gasteiger partial charge in [-0.25, -0.2) is 0 Å². The van der Waals surface area contributed by atoms with Gasteiger partial charge in [0.25, 0.3) is 0 Å². The van der Waals surface area contributed by atoms with E-state index in [2.05, 4.69) is 45.2 Å². The van der Waals surface area contributed by atoms with Gasteiger partial charge in [0.15, 0.2) is 0 Å². The Morgan fingerprint density at radius 1 is 0.833 bits per heavy atom. The third kappa shape index (κ3) is 2.42. The molecule has 0 fully saturated rings. The fourth-order valence-corrected chi connectivity index (χ4v) is 3.50. The van der Waals surface area contributed by atoms with Crippen LogP contribution in [0.3, 0.4) is 0 Å². The number of aromatic nitrogens is 1. The molecule has 1 aromatic heterocycles. The summed E-state index contributed by atoms with van der Waals surface area (Å²) in [7, 11) is 0. The van der Waals surface area contributed by atoms with Crippen molar-refractivity contribution in [3.05, 3.63) is 82.8 Å². The zero-order chi connectivity index (χ0) is 16.5. The molecule has 0 aliphatic rings. The van der Waals surface area contributed by atoms with Crippen LogP contribution in [0, 0.1) is 11.3 Å². The Kier molecular flexibility index (Phi) is 3.68. The molecule has 1 N–H and O–H groups in total. The maximum Gasteiger partial charge on any atom is 0.0991 e. The Hall–Kier alpha value is -2.83. The van der Waals surface area contributed by atoms with E-state index in [0.717, 1.165) is 32.4 Å². The summed E-state index contributed by atoms with van der Waals surface area (Å²) in [6.07, 6.45) is 0. The molecular weight excluding hydrogens is 360 g/mol. The van der Waals surface area contributed by atoms with Crippen molar-refractivity contribution >= 4 is 26.8 Å². The highest BCUT2D eigenvalue weighted by Gasteiger charge is 2.16. The maximum atomic E-state index is 9.04. The summed E-state index contributed by atoms with van der Waals surface area (Å²) in [6.45, 7) is 0. The zero-order valence-electron chi connectivity index (χ0n) is 12.8. The van der Waals surface area contributed by atoms with E-state index in [1.165, 1.54) is 5.39 Å². The van der Waals surface area contributed by atoms with Gasteiger partial charge in [-0.05, 0) is 29.8 Å². The summed E-state index contributed by atoms with van der Waals surface area (Å²) in [5.41, 5.74) is 6.21. The molecule has 0 aliphatic carbocycles. The molecule has 2 nitrogen and oxygen atoms in total. The highest BCUT2D eigenvalue weighted by atomic mass is 79.9. The molecule has 3 aromatic carbocycles. The Labute approximate surface area is 148 Å². The molecule has 0 saturated carbocycles. The van der Waals surface area contributed by atoms with Gasteiger partial charge in [0.2, 0.25) is 0 Å². The molecule has 0 bridgehead atoms. The van der Waals surface area contributed by atoms with E-state index in [0.29, 0.717) is 5.56 Å². The van der Waals surface area contributed by atoms with Gasteiger partial charge in [-0.1, -0.05) is 64.5 Å². The number of benzene rings is 3. The van der Waals surface area contributed by atoms with E-state index < -0.39 is 0 Å². The number of hydrogen-bond acceptors (Lipinski definition) is 1. The molecule has 0 radical (unpaired) electrons. The van der Waals surface area contributed by atoms with Crippen molar-refractivity contribution in [3.8, 4) is 28.5 Å². The number of nitrogens with zero attached hydrogens (tertiary/aromatic N) is 1. The van der Waals surface area contributed by atoms with Crippen LogP contribution in [0.15, 0.2) is 77.3 Å². The second-order valence-corrected chi connectivity index (χ2v) is 6.44. The first-order valence-corrected chi connectivity index (χ1v) is 8.43. The van der Waals surface area contributed by atoms with Gasteiger partial charge in [0.1, 0.15) is 0 Å². The van der Waals surface area contributed by atoms with Crippen LogP contribution in [0.5, 0.6) is 0 Å². The van der Waals surface area contributed by atoms with Crippen LogP contribution in [0.4, 0.5) is 0 Å². The third-order valence-electron chi connectivity index (χ3n) is 4.15. The van der Waals surface area contributed by atoms with Crippen LogP contribution in [-0.2, 0) is 0 Å². The van der Waals surface area contributed by atoms with Crippen molar-refractivity contribution in [1.29, 1.82) is 5.26 Å². The number of fused-ring (bicyclic) bond motifs is 1. The molecule has 24 heavy (non-hydrogen) atoms. The molecule has 114 valence electrons. The zero-order valence-corrected chi connectivity index (χ0v) is 14.3. The van der Waals surface area contributed by atoms with Gasteiger partial charge in [-0.15, -0.1) is 0 Å². The molecule has 4 aromatic rings. The fourth-order valence-electron chi connectivity index (χ4n) is 3.02. The number of aromatic amines is 1. The molecule has 0 aliphatic heterocycles. The first-order chi connectivity index (χ1) is 11.8. The molecule has 0 atom stereocenters. The predicted octanol–water partition coefficient (Wildman–Crippen LogP) is 6.14. The Morgan fingerprint density at radius 3 is 2.29 bits per heavy atom. The molecule has 1 heterocycles. The number of rotatable bonds is 2. The van der Waals surface area contributed by atoms with Crippen molar-refractivity contribution in [2.75, 3.05) is 0 Å². The number of nitrogens with one attached hydrogen (secondary N) is 1. The smallest absolute Gasteiger partial charge is 0.0991 e. The Bertz CT molecular complexity index is 1070. The van der Waals surface area contributed by atoms with Gasteiger partial charge in [0.05, 0.1) is 17.3 Å². The normalized spacial score (nSPS) is 10.7. The van der Waals surface area contributed by atoms with Gasteiger partial charge in [0, 0.05) is 26.5 Å². The lowest BCUT2D eigenvalue weighted by Gasteiger charge is -2.08. The second-order valence-electron chi connectivity index (χ2n) is 5.59. The van der Waals surface area contributed by atoms with E-state index in [9.17, 15) is 0 Å². The summed E-state index contributed by atoms with van der Waals surface area (Å²) in [5.74, 6) is 0. The fraction of sp³-hybridized carbons (Fsp3) is 0. The summed E-state index contributed by atoms with van der Waals surface area (Å²) < 4.78 is 1.05. The van der Waals surface area contributed by atoms with Crippen LogP contribution in [-0.4, -0.2) is 4.98 Å². The number of hydrogen-bond donors (Lipinski definition) is 1. The van der Waals surface area contributed by atoms with Crippen LogP contribution in [0.1, 0.15) is 5.56 Å². The first kappa shape index (κ1) is 14.7.